The van der Waals surface area contributed by atoms with E-state index >= 15 is 0 Å². The molecule has 0 radical (unpaired) electrons. The summed E-state index contributed by atoms with van der Waals surface area (Å²) >= 11 is 1.45. The molecule has 6 heteroatoms. The quantitative estimate of drug-likeness (QED) is 0.622. The van der Waals surface area contributed by atoms with E-state index in [2.05, 4.69) is 4.98 Å². The van der Waals surface area contributed by atoms with Gasteiger partial charge >= 0.3 is 0 Å². The molecule has 3 rings (SSSR count). The molecule has 0 aliphatic heterocycles. The van der Waals surface area contributed by atoms with Gasteiger partial charge in [0.05, 0.1) is 20.3 Å². The van der Waals surface area contributed by atoms with Crippen LogP contribution < -0.4 is 9.47 Å². The number of rotatable bonds is 6. The van der Waals surface area contributed by atoms with Gasteiger partial charge < -0.3 is 14.4 Å². The summed E-state index contributed by atoms with van der Waals surface area (Å²) in [6, 6.07) is 15.2. The van der Waals surface area contributed by atoms with Gasteiger partial charge in [0, 0.05) is 23.6 Å². The van der Waals surface area contributed by atoms with Crippen molar-refractivity contribution in [2.75, 3.05) is 21.3 Å². The van der Waals surface area contributed by atoms with Crippen molar-refractivity contribution in [3.8, 4) is 22.1 Å². The average Bonchev–Trinajstić information content (AvgIpc) is 3.22. The molecule has 140 valence electrons. The Hall–Kier alpha value is -2.86. The number of amides is 1. The number of nitrogens with zero attached hydrogens (tertiary/aromatic N) is 2. The second-order valence-electron chi connectivity index (χ2n) is 6.10. The van der Waals surface area contributed by atoms with Crippen LogP contribution in [-0.4, -0.2) is 37.1 Å². The molecule has 1 heterocycles. The number of carbonyl (C=O) groups is 1. The van der Waals surface area contributed by atoms with E-state index in [0.717, 1.165) is 27.6 Å². The summed E-state index contributed by atoms with van der Waals surface area (Å²) in [4.78, 5) is 19.1. The summed E-state index contributed by atoms with van der Waals surface area (Å²) in [6.07, 6.45) is 0. The van der Waals surface area contributed by atoms with Crippen molar-refractivity contribution < 1.29 is 14.3 Å². The molecule has 1 unspecified atom stereocenters. The van der Waals surface area contributed by atoms with E-state index in [4.69, 9.17) is 9.47 Å². The van der Waals surface area contributed by atoms with Crippen molar-refractivity contribution in [3.05, 3.63) is 65.2 Å². The lowest BCUT2D eigenvalue weighted by Gasteiger charge is -2.26. The number of aromatic nitrogens is 1. The lowest BCUT2D eigenvalue weighted by atomic mass is 10.1. The fraction of sp³-hybridized carbons (Fsp3) is 0.238. The molecule has 3 aromatic rings. The molecular formula is C21H22N2O3S. The van der Waals surface area contributed by atoms with Gasteiger partial charge in [0.2, 0.25) is 0 Å². The maximum absolute atomic E-state index is 12.9. The van der Waals surface area contributed by atoms with E-state index in [1.807, 2.05) is 55.5 Å². The van der Waals surface area contributed by atoms with Crippen LogP contribution in [0.3, 0.4) is 0 Å². The number of ether oxygens (including phenoxy) is 2. The molecule has 1 aromatic heterocycles. The first-order valence-corrected chi connectivity index (χ1v) is 9.43. The van der Waals surface area contributed by atoms with E-state index in [1.54, 1.807) is 31.5 Å². The smallest absolute Gasteiger partial charge is 0.273 e. The van der Waals surface area contributed by atoms with Gasteiger partial charge in [-0.2, -0.15) is 0 Å². The predicted molar refractivity (Wildman–Crippen MR) is 108 cm³/mol. The topological polar surface area (TPSA) is 51.7 Å². The lowest BCUT2D eigenvalue weighted by Crippen LogP contribution is -2.30. The maximum Gasteiger partial charge on any atom is 0.273 e. The average molecular weight is 382 g/mol. The number of methoxy groups -OCH3 is 2. The van der Waals surface area contributed by atoms with E-state index in [0.29, 0.717) is 5.69 Å². The SMILES string of the molecule is COc1ccc(-c2nc(C(=O)N(C)C(C)c3ccccc3OC)cs2)cc1. The van der Waals surface area contributed by atoms with Crippen LogP contribution in [0.5, 0.6) is 11.5 Å². The van der Waals surface area contributed by atoms with Gasteiger partial charge in [-0.1, -0.05) is 18.2 Å². The van der Waals surface area contributed by atoms with Crippen LogP contribution in [0.15, 0.2) is 53.9 Å². The van der Waals surface area contributed by atoms with Gasteiger partial charge in [0.1, 0.15) is 22.2 Å². The number of para-hydroxylation sites is 1. The Balaban J connectivity index is 1.80. The highest BCUT2D eigenvalue weighted by Crippen LogP contribution is 2.30. The first kappa shape index (κ1) is 18.9. The molecule has 0 fully saturated rings. The van der Waals surface area contributed by atoms with Crippen molar-refractivity contribution in [1.29, 1.82) is 0 Å². The Morgan fingerprint density at radius 2 is 1.78 bits per heavy atom. The van der Waals surface area contributed by atoms with Crippen LogP contribution >= 0.6 is 11.3 Å². The van der Waals surface area contributed by atoms with Gasteiger partial charge in [0.25, 0.3) is 5.91 Å². The third-order valence-electron chi connectivity index (χ3n) is 4.55. The van der Waals surface area contributed by atoms with Crippen molar-refractivity contribution in [3.63, 3.8) is 0 Å². The van der Waals surface area contributed by atoms with E-state index in [1.165, 1.54) is 11.3 Å². The minimum atomic E-state index is -0.139. The fourth-order valence-corrected chi connectivity index (χ4v) is 3.61. The summed E-state index contributed by atoms with van der Waals surface area (Å²) in [5.74, 6) is 1.43. The first-order valence-electron chi connectivity index (χ1n) is 8.55. The van der Waals surface area contributed by atoms with E-state index < -0.39 is 0 Å². The maximum atomic E-state index is 12.9. The zero-order valence-electron chi connectivity index (χ0n) is 15.8. The highest BCUT2D eigenvalue weighted by molar-refractivity contribution is 7.13. The van der Waals surface area contributed by atoms with Crippen molar-refractivity contribution in [2.24, 2.45) is 0 Å². The monoisotopic (exact) mass is 382 g/mol. The third kappa shape index (κ3) is 3.95. The van der Waals surface area contributed by atoms with Crippen molar-refractivity contribution in [2.45, 2.75) is 13.0 Å². The normalized spacial score (nSPS) is 11.7. The van der Waals surface area contributed by atoms with Crippen LogP contribution in [0, 0.1) is 0 Å². The standard InChI is InChI=1S/C21H22N2O3S/c1-14(17-7-5-6-8-19(17)26-4)23(2)21(24)18-13-27-20(22-18)15-9-11-16(25-3)12-10-15/h5-14H,1-4H3. The molecule has 27 heavy (non-hydrogen) atoms. The van der Waals surface area contributed by atoms with E-state index in [-0.39, 0.29) is 11.9 Å². The highest BCUT2D eigenvalue weighted by Gasteiger charge is 2.23. The summed E-state index contributed by atoms with van der Waals surface area (Å²) in [5.41, 5.74) is 2.36. The van der Waals surface area contributed by atoms with Gasteiger partial charge in [-0.25, -0.2) is 4.98 Å². The van der Waals surface area contributed by atoms with Crippen molar-refractivity contribution >= 4 is 17.2 Å². The number of hydrogen-bond acceptors (Lipinski definition) is 5. The van der Waals surface area contributed by atoms with Crippen LogP contribution in [0.1, 0.15) is 29.0 Å². The van der Waals surface area contributed by atoms with E-state index in [9.17, 15) is 4.79 Å². The van der Waals surface area contributed by atoms with Gasteiger partial charge in [-0.15, -0.1) is 11.3 Å². The Kier molecular flexibility index (Phi) is 5.76. The second kappa shape index (κ2) is 8.22. The predicted octanol–water partition coefficient (Wildman–Crippen LogP) is 4.66. The first-order chi connectivity index (χ1) is 13.0. The van der Waals surface area contributed by atoms with Crippen LogP contribution in [0.2, 0.25) is 0 Å². The number of thiazole rings is 1. The molecule has 0 aliphatic carbocycles. The Morgan fingerprint density at radius 1 is 1.07 bits per heavy atom. The number of hydrogen-bond donors (Lipinski definition) is 0. The Bertz CT molecular complexity index is 921. The zero-order chi connectivity index (χ0) is 19.4. The fourth-order valence-electron chi connectivity index (χ4n) is 2.81. The highest BCUT2D eigenvalue weighted by atomic mass is 32.1. The molecule has 0 spiro atoms. The van der Waals surface area contributed by atoms with Crippen LogP contribution in [0.4, 0.5) is 0 Å². The molecule has 0 bridgehead atoms. The lowest BCUT2D eigenvalue weighted by molar-refractivity contribution is 0.0736. The summed E-state index contributed by atoms with van der Waals surface area (Å²) in [5, 5.41) is 2.60. The van der Waals surface area contributed by atoms with Crippen molar-refractivity contribution in [1.82, 2.24) is 9.88 Å². The van der Waals surface area contributed by atoms with Gasteiger partial charge in [0.15, 0.2) is 0 Å². The summed E-state index contributed by atoms with van der Waals surface area (Å²) < 4.78 is 10.6. The number of benzene rings is 2. The van der Waals surface area contributed by atoms with Gasteiger partial charge in [-0.3, -0.25) is 4.79 Å². The molecular weight excluding hydrogens is 360 g/mol. The molecule has 0 saturated carbocycles. The second-order valence-corrected chi connectivity index (χ2v) is 6.96. The molecule has 1 amide bonds. The molecule has 5 nitrogen and oxygen atoms in total. The Morgan fingerprint density at radius 3 is 2.44 bits per heavy atom. The molecule has 0 aliphatic rings. The molecule has 1 atom stereocenters. The van der Waals surface area contributed by atoms with Gasteiger partial charge in [-0.05, 0) is 37.3 Å². The Labute approximate surface area is 163 Å². The third-order valence-corrected chi connectivity index (χ3v) is 5.44. The minimum absolute atomic E-state index is 0.121. The summed E-state index contributed by atoms with van der Waals surface area (Å²) in [6.45, 7) is 1.98. The van der Waals surface area contributed by atoms with Crippen LogP contribution in [0.25, 0.3) is 10.6 Å². The van der Waals surface area contributed by atoms with Crippen LogP contribution in [-0.2, 0) is 0 Å². The molecule has 2 aromatic carbocycles. The minimum Gasteiger partial charge on any atom is -0.497 e. The summed E-state index contributed by atoms with van der Waals surface area (Å²) in [7, 11) is 5.05. The molecule has 0 N–H and O–H groups in total. The zero-order valence-corrected chi connectivity index (χ0v) is 16.6. The molecule has 0 saturated heterocycles. The largest absolute Gasteiger partial charge is 0.497 e. The number of carbonyl (C=O) groups excluding carboxylic acids is 1.